The molecular formula is C22H21ClN4O4S. The van der Waals surface area contributed by atoms with E-state index >= 15 is 0 Å². The lowest BCUT2D eigenvalue weighted by molar-refractivity contribution is -0.116. The molecule has 0 saturated carbocycles. The summed E-state index contributed by atoms with van der Waals surface area (Å²) in [6.07, 6.45) is 0. The second-order valence-electron chi connectivity index (χ2n) is 7.33. The van der Waals surface area contributed by atoms with Gasteiger partial charge in [0.05, 0.1) is 30.4 Å². The van der Waals surface area contributed by atoms with Crippen molar-refractivity contribution in [3.8, 4) is 11.5 Å². The van der Waals surface area contributed by atoms with Crippen LogP contribution in [0.15, 0.2) is 23.0 Å². The Morgan fingerprint density at radius 1 is 1.12 bits per heavy atom. The van der Waals surface area contributed by atoms with Crippen LogP contribution in [-0.2, 0) is 11.3 Å². The summed E-state index contributed by atoms with van der Waals surface area (Å²) in [5.74, 6) is 0.838. The first kappa shape index (κ1) is 22.0. The fourth-order valence-electron chi connectivity index (χ4n) is 3.64. The van der Waals surface area contributed by atoms with Crippen molar-refractivity contribution in [3.63, 3.8) is 0 Å². The number of ether oxygens (including phenoxy) is 2. The van der Waals surface area contributed by atoms with Crippen molar-refractivity contribution in [2.75, 3.05) is 19.5 Å². The number of benzene rings is 1. The number of carbonyl (C=O) groups is 1. The molecule has 0 unspecified atom stereocenters. The van der Waals surface area contributed by atoms with Gasteiger partial charge in [-0.1, -0.05) is 11.6 Å². The Balaban J connectivity index is 1.71. The van der Waals surface area contributed by atoms with Crippen LogP contribution in [0.3, 0.4) is 0 Å². The number of fused-ring (bicyclic) bond motifs is 3. The molecule has 0 atom stereocenters. The van der Waals surface area contributed by atoms with Gasteiger partial charge in [0.15, 0.2) is 0 Å². The molecule has 32 heavy (non-hydrogen) atoms. The molecule has 1 amide bonds. The van der Waals surface area contributed by atoms with E-state index in [1.165, 1.54) is 36.2 Å². The summed E-state index contributed by atoms with van der Waals surface area (Å²) in [5.41, 5.74) is 2.62. The van der Waals surface area contributed by atoms with Crippen LogP contribution in [-0.4, -0.2) is 34.7 Å². The first-order valence-electron chi connectivity index (χ1n) is 9.72. The molecule has 4 aromatic rings. The first-order chi connectivity index (χ1) is 15.2. The molecule has 1 aromatic carbocycles. The number of amides is 1. The third kappa shape index (κ3) is 3.78. The van der Waals surface area contributed by atoms with Gasteiger partial charge in [-0.05, 0) is 38.5 Å². The minimum atomic E-state index is -0.415. The number of nitrogens with one attached hydrogen (secondary N) is 1. The number of rotatable bonds is 5. The summed E-state index contributed by atoms with van der Waals surface area (Å²) in [6, 6.07) is 5.09. The standard InChI is InChI=1S/C22H21ClN4O4S/c1-10-6-11(2)24-21-18(10)19-20(32-21)22(29)27(12(3)25-19)9-17(28)26-14-7-13(23)15(30-4)8-16(14)31-5/h6-8H,9H2,1-5H3,(H,26,28). The van der Waals surface area contributed by atoms with Gasteiger partial charge in [-0.3, -0.25) is 14.2 Å². The molecule has 0 spiro atoms. The molecule has 0 radical (unpaired) electrons. The molecule has 0 aliphatic heterocycles. The molecule has 1 N–H and O–H groups in total. The molecule has 4 rings (SSSR count). The molecule has 0 fully saturated rings. The van der Waals surface area contributed by atoms with Crippen molar-refractivity contribution in [1.82, 2.24) is 14.5 Å². The quantitative estimate of drug-likeness (QED) is 0.466. The average Bonchev–Trinajstić information content (AvgIpc) is 3.09. The van der Waals surface area contributed by atoms with Gasteiger partial charge in [-0.25, -0.2) is 9.97 Å². The van der Waals surface area contributed by atoms with Gasteiger partial charge in [0.25, 0.3) is 5.56 Å². The van der Waals surface area contributed by atoms with Crippen LogP contribution < -0.4 is 20.3 Å². The number of aryl methyl sites for hydroxylation is 3. The highest BCUT2D eigenvalue weighted by Gasteiger charge is 2.19. The third-order valence-corrected chi connectivity index (χ3v) is 6.47. The monoisotopic (exact) mass is 472 g/mol. The molecule has 166 valence electrons. The predicted octanol–water partition coefficient (Wildman–Crippen LogP) is 4.24. The van der Waals surface area contributed by atoms with E-state index in [0.717, 1.165) is 21.5 Å². The number of methoxy groups -OCH3 is 2. The van der Waals surface area contributed by atoms with Crippen molar-refractivity contribution >= 4 is 55.0 Å². The Kier molecular flexibility index (Phi) is 5.79. The summed E-state index contributed by atoms with van der Waals surface area (Å²) in [6.45, 7) is 5.39. The highest BCUT2D eigenvalue weighted by molar-refractivity contribution is 7.25. The normalized spacial score (nSPS) is 11.2. The highest BCUT2D eigenvalue weighted by atomic mass is 35.5. The number of halogens is 1. The Labute approximate surface area is 192 Å². The maximum absolute atomic E-state index is 13.2. The topological polar surface area (TPSA) is 95.3 Å². The zero-order valence-corrected chi connectivity index (χ0v) is 19.8. The molecule has 0 bridgehead atoms. The molecular weight excluding hydrogens is 452 g/mol. The number of hydrogen-bond acceptors (Lipinski definition) is 7. The molecule has 0 saturated heterocycles. The van der Waals surface area contributed by atoms with Gasteiger partial charge in [-0.2, -0.15) is 0 Å². The van der Waals surface area contributed by atoms with Crippen LogP contribution >= 0.6 is 22.9 Å². The van der Waals surface area contributed by atoms with E-state index in [-0.39, 0.29) is 12.1 Å². The molecule has 0 aliphatic carbocycles. The minimum Gasteiger partial charge on any atom is -0.495 e. The van der Waals surface area contributed by atoms with E-state index in [9.17, 15) is 9.59 Å². The largest absolute Gasteiger partial charge is 0.495 e. The van der Waals surface area contributed by atoms with Gasteiger partial charge in [-0.15, -0.1) is 11.3 Å². The lowest BCUT2D eigenvalue weighted by Gasteiger charge is -2.14. The molecule has 0 aliphatic rings. The van der Waals surface area contributed by atoms with E-state index in [4.69, 9.17) is 21.1 Å². The summed E-state index contributed by atoms with van der Waals surface area (Å²) < 4.78 is 12.3. The minimum absolute atomic E-state index is 0.208. The highest BCUT2D eigenvalue weighted by Crippen LogP contribution is 2.36. The van der Waals surface area contributed by atoms with Crippen molar-refractivity contribution in [2.45, 2.75) is 27.3 Å². The maximum Gasteiger partial charge on any atom is 0.272 e. The van der Waals surface area contributed by atoms with Gasteiger partial charge >= 0.3 is 0 Å². The summed E-state index contributed by atoms with van der Waals surface area (Å²) in [5, 5.41) is 3.95. The zero-order valence-electron chi connectivity index (χ0n) is 18.2. The fourth-order valence-corrected chi connectivity index (χ4v) is 5.07. The molecule has 10 heteroatoms. The van der Waals surface area contributed by atoms with Crippen LogP contribution in [0, 0.1) is 20.8 Å². The Morgan fingerprint density at radius 2 is 1.84 bits per heavy atom. The number of aromatic nitrogens is 3. The van der Waals surface area contributed by atoms with E-state index in [1.54, 1.807) is 13.0 Å². The second kappa shape index (κ2) is 8.40. The Bertz CT molecular complexity index is 1440. The van der Waals surface area contributed by atoms with Crippen molar-refractivity contribution < 1.29 is 14.3 Å². The van der Waals surface area contributed by atoms with Crippen LogP contribution in [0.25, 0.3) is 20.4 Å². The number of hydrogen-bond donors (Lipinski definition) is 1. The van der Waals surface area contributed by atoms with Gasteiger partial charge in [0, 0.05) is 17.1 Å². The smallest absolute Gasteiger partial charge is 0.272 e. The van der Waals surface area contributed by atoms with Gasteiger partial charge in [0.2, 0.25) is 5.91 Å². The first-order valence-corrected chi connectivity index (χ1v) is 10.9. The van der Waals surface area contributed by atoms with Crippen LogP contribution in [0.1, 0.15) is 17.1 Å². The van der Waals surface area contributed by atoms with Crippen LogP contribution in [0.5, 0.6) is 11.5 Å². The number of carbonyl (C=O) groups excluding carboxylic acids is 1. The summed E-state index contributed by atoms with van der Waals surface area (Å²) in [4.78, 5) is 36.0. The molecule has 8 nitrogen and oxygen atoms in total. The number of nitrogens with zero attached hydrogens (tertiary/aromatic N) is 3. The summed E-state index contributed by atoms with van der Waals surface area (Å²) in [7, 11) is 2.97. The maximum atomic E-state index is 13.2. The zero-order chi connectivity index (χ0) is 23.2. The van der Waals surface area contributed by atoms with Crippen molar-refractivity contribution in [1.29, 1.82) is 0 Å². The van der Waals surface area contributed by atoms with E-state index in [0.29, 0.717) is 38.3 Å². The average molecular weight is 473 g/mol. The number of thiophene rings is 1. The number of pyridine rings is 1. The fraction of sp³-hybridized carbons (Fsp3) is 0.273. The number of anilines is 1. The Morgan fingerprint density at radius 3 is 2.53 bits per heavy atom. The van der Waals surface area contributed by atoms with E-state index in [2.05, 4.69) is 15.3 Å². The van der Waals surface area contributed by atoms with E-state index in [1.807, 2.05) is 19.9 Å². The predicted molar refractivity (Wildman–Crippen MR) is 127 cm³/mol. The van der Waals surface area contributed by atoms with Crippen molar-refractivity contribution in [3.05, 3.63) is 50.7 Å². The van der Waals surface area contributed by atoms with Gasteiger partial charge < -0.3 is 14.8 Å². The van der Waals surface area contributed by atoms with Crippen molar-refractivity contribution in [2.24, 2.45) is 0 Å². The lowest BCUT2D eigenvalue weighted by Crippen LogP contribution is -2.29. The lowest BCUT2D eigenvalue weighted by atomic mass is 10.1. The summed E-state index contributed by atoms with van der Waals surface area (Å²) >= 11 is 7.47. The second-order valence-corrected chi connectivity index (χ2v) is 8.73. The molecule has 3 aromatic heterocycles. The SMILES string of the molecule is COc1cc(OC)c(NC(=O)Cn2c(C)nc3c(sc4nc(C)cc(C)c43)c2=O)cc1Cl. The van der Waals surface area contributed by atoms with Gasteiger partial charge in [0.1, 0.15) is 33.4 Å². The molecule has 3 heterocycles. The van der Waals surface area contributed by atoms with E-state index < -0.39 is 5.91 Å². The van der Waals surface area contributed by atoms with Crippen LogP contribution in [0.4, 0.5) is 5.69 Å². The Hall–Kier alpha value is -3.17. The van der Waals surface area contributed by atoms with Crippen LogP contribution in [0.2, 0.25) is 5.02 Å². The third-order valence-electron chi connectivity index (χ3n) is 5.12.